The van der Waals surface area contributed by atoms with Gasteiger partial charge in [0.05, 0.1) is 17.3 Å². The van der Waals surface area contributed by atoms with Crippen LogP contribution in [0.5, 0.6) is 0 Å². The maximum atomic E-state index is 13.5. The van der Waals surface area contributed by atoms with Crippen molar-refractivity contribution in [1.82, 2.24) is 15.1 Å². The Morgan fingerprint density at radius 2 is 1.85 bits per heavy atom. The molecule has 1 aliphatic carbocycles. The number of rotatable bonds is 7. The number of aromatic nitrogens is 2. The Kier molecular flexibility index (Phi) is 8.82. The number of alkyl carbamates (subject to hydrolysis) is 1. The van der Waals surface area contributed by atoms with Crippen LogP contribution in [0.25, 0.3) is 0 Å². The van der Waals surface area contributed by atoms with Crippen LogP contribution in [0.2, 0.25) is 10.0 Å². The molecule has 1 heterocycles. The molecule has 0 unspecified atom stereocenters. The Morgan fingerprint density at radius 1 is 1.21 bits per heavy atom. The van der Waals surface area contributed by atoms with Crippen molar-refractivity contribution < 1.29 is 13.9 Å². The molecule has 1 aliphatic rings. The lowest BCUT2D eigenvalue weighted by Crippen LogP contribution is -2.41. The summed E-state index contributed by atoms with van der Waals surface area (Å²) >= 11 is 11.9. The fourth-order valence-corrected chi connectivity index (χ4v) is 4.47. The van der Waals surface area contributed by atoms with Crippen molar-refractivity contribution in [2.45, 2.75) is 70.6 Å². The van der Waals surface area contributed by atoms with Crippen molar-refractivity contribution in [2.24, 2.45) is 0 Å². The van der Waals surface area contributed by atoms with Crippen molar-refractivity contribution in [2.75, 3.05) is 18.0 Å². The van der Waals surface area contributed by atoms with E-state index in [1.807, 2.05) is 20.8 Å². The number of nitrogens with one attached hydrogen (secondary N) is 1. The van der Waals surface area contributed by atoms with Crippen LogP contribution in [0, 0.1) is 5.82 Å². The number of carbonyl (C=O) groups is 1. The lowest BCUT2D eigenvalue weighted by Gasteiger charge is -2.38. The summed E-state index contributed by atoms with van der Waals surface area (Å²) in [6, 6.07) is 6.60. The summed E-state index contributed by atoms with van der Waals surface area (Å²) in [5.41, 5.74) is 0.00162. The van der Waals surface area contributed by atoms with Crippen molar-refractivity contribution in [3.63, 3.8) is 0 Å². The van der Waals surface area contributed by atoms with Gasteiger partial charge in [-0.3, -0.25) is 4.79 Å². The van der Waals surface area contributed by atoms with Crippen LogP contribution >= 0.6 is 23.2 Å². The molecule has 3 rings (SSSR count). The molecule has 0 aliphatic heterocycles. The average molecular weight is 513 g/mol. The Hall–Kier alpha value is -2.32. The zero-order valence-electron chi connectivity index (χ0n) is 19.7. The highest BCUT2D eigenvalue weighted by Crippen LogP contribution is 2.33. The van der Waals surface area contributed by atoms with Gasteiger partial charge in [0.15, 0.2) is 0 Å². The standard InChI is InChI=1S/C24H31Cl2FN4O3/c1-24(2,3)34-23(33)28-13-4-14-30(17-7-5-16(27)6-8-17)18-9-11-19(12-10-18)31-22(32)21(26)20(25)15-29-31/h5-8,15,18-19H,4,9-14H2,1-3H3,(H,28,33). The van der Waals surface area contributed by atoms with Gasteiger partial charge in [0.1, 0.15) is 16.4 Å². The van der Waals surface area contributed by atoms with Crippen molar-refractivity contribution in [3.05, 3.63) is 56.7 Å². The number of benzene rings is 1. The summed E-state index contributed by atoms with van der Waals surface area (Å²) in [4.78, 5) is 26.6. The fourth-order valence-electron chi connectivity index (χ4n) is 4.21. The molecule has 0 spiro atoms. The minimum absolute atomic E-state index is 0.00999. The van der Waals surface area contributed by atoms with Gasteiger partial charge in [-0.2, -0.15) is 5.10 Å². The number of halogens is 3. The smallest absolute Gasteiger partial charge is 0.407 e. The fraction of sp³-hybridized carbons (Fsp3) is 0.542. The molecule has 10 heteroatoms. The predicted molar refractivity (Wildman–Crippen MR) is 132 cm³/mol. The van der Waals surface area contributed by atoms with Crippen LogP contribution in [0.3, 0.4) is 0 Å². The van der Waals surface area contributed by atoms with Gasteiger partial charge in [-0.15, -0.1) is 0 Å². The second-order valence-electron chi connectivity index (χ2n) is 9.47. The lowest BCUT2D eigenvalue weighted by atomic mass is 9.89. The number of nitrogens with zero attached hydrogens (tertiary/aromatic N) is 3. The van der Waals surface area contributed by atoms with Crippen LogP contribution in [-0.4, -0.2) is 40.6 Å². The first-order valence-corrected chi connectivity index (χ1v) is 12.2. The van der Waals surface area contributed by atoms with E-state index in [9.17, 15) is 14.0 Å². The molecule has 1 amide bonds. The van der Waals surface area contributed by atoms with Gasteiger partial charge in [-0.1, -0.05) is 23.2 Å². The third-order valence-electron chi connectivity index (χ3n) is 5.76. The highest BCUT2D eigenvalue weighted by atomic mass is 35.5. The van der Waals surface area contributed by atoms with Gasteiger partial charge in [0, 0.05) is 24.8 Å². The largest absolute Gasteiger partial charge is 0.444 e. The quantitative estimate of drug-likeness (QED) is 0.489. The van der Waals surface area contributed by atoms with Gasteiger partial charge in [-0.05, 0) is 77.1 Å². The van der Waals surface area contributed by atoms with E-state index in [1.165, 1.54) is 23.0 Å². The van der Waals surface area contributed by atoms with Crippen molar-refractivity contribution in [3.8, 4) is 0 Å². The van der Waals surface area contributed by atoms with E-state index in [0.717, 1.165) is 31.4 Å². The number of hydrogen-bond acceptors (Lipinski definition) is 5. The molecule has 1 fully saturated rings. The first-order chi connectivity index (χ1) is 16.0. The summed E-state index contributed by atoms with van der Waals surface area (Å²) in [6.07, 6.45) is 4.82. The molecule has 186 valence electrons. The molecule has 0 bridgehead atoms. The molecule has 0 atom stereocenters. The maximum absolute atomic E-state index is 13.5. The predicted octanol–water partition coefficient (Wildman–Crippen LogP) is 5.59. The molecule has 2 aromatic rings. The third-order valence-corrected chi connectivity index (χ3v) is 6.50. The number of carbonyl (C=O) groups excluding carboxylic acids is 1. The summed E-state index contributed by atoms with van der Waals surface area (Å²) in [5.74, 6) is -0.288. The van der Waals surface area contributed by atoms with Gasteiger partial charge >= 0.3 is 6.09 Å². The average Bonchev–Trinajstić information content (AvgIpc) is 2.78. The molecule has 0 saturated heterocycles. The second kappa shape index (κ2) is 11.4. The summed E-state index contributed by atoms with van der Waals surface area (Å²) < 4.78 is 20.2. The zero-order chi connectivity index (χ0) is 24.9. The molecule has 1 aromatic heterocycles. The minimum atomic E-state index is -0.548. The second-order valence-corrected chi connectivity index (χ2v) is 10.3. The Bertz CT molecular complexity index is 1030. The van der Waals surface area contributed by atoms with Gasteiger partial charge in [0.25, 0.3) is 5.56 Å². The summed E-state index contributed by atoms with van der Waals surface area (Å²) in [7, 11) is 0. The number of anilines is 1. The molecular weight excluding hydrogens is 482 g/mol. The van der Waals surface area contributed by atoms with E-state index >= 15 is 0 Å². The summed E-state index contributed by atoms with van der Waals surface area (Å²) in [6.45, 7) is 6.61. The highest BCUT2D eigenvalue weighted by Gasteiger charge is 2.28. The molecule has 1 saturated carbocycles. The van der Waals surface area contributed by atoms with Crippen LogP contribution in [-0.2, 0) is 4.74 Å². The number of hydrogen-bond donors (Lipinski definition) is 1. The zero-order valence-corrected chi connectivity index (χ0v) is 21.2. The summed E-state index contributed by atoms with van der Waals surface area (Å²) in [5, 5.41) is 7.11. The Morgan fingerprint density at radius 3 is 2.47 bits per heavy atom. The maximum Gasteiger partial charge on any atom is 0.407 e. The molecule has 34 heavy (non-hydrogen) atoms. The highest BCUT2D eigenvalue weighted by molar-refractivity contribution is 6.41. The monoisotopic (exact) mass is 512 g/mol. The first kappa shape index (κ1) is 26.3. The first-order valence-electron chi connectivity index (χ1n) is 11.5. The molecule has 1 aromatic carbocycles. The van der Waals surface area contributed by atoms with E-state index in [2.05, 4.69) is 15.3 Å². The van der Waals surface area contributed by atoms with Crippen LogP contribution in [0.4, 0.5) is 14.9 Å². The normalized spacial score (nSPS) is 18.4. The topological polar surface area (TPSA) is 76.5 Å². The van der Waals surface area contributed by atoms with E-state index in [0.29, 0.717) is 19.5 Å². The Balaban J connectivity index is 1.63. The van der Waals surface area contributed by atoms with Gasteiger partial charge in [0.2, 0.25) is 0 Å². The minimum Gasteiger partial charge on any atom is -0.444 e. The van der Waals surface area contributed by atoms with E-state index in [1.54, 1.807) is 12.1 Å². The molecule has 0 radical (unpaired) electrons. The van der Waals surface area contributed by atoms with Crippen molar-refractivity contribution in [1.29, 1.82) is 0 Å². The number of amides is 1. The molecule has 1 N–H and O–H groups in total. The molecule has 7 nitrogen and oxygen atoms in total. The van der Waals surface area contributed by atoms with Gasteiger partial charge < -0.3 is 15.0 Å². The SMILES string of the molecule is CC(C)(C)OC(=O)NCCCN(c1ccc(F)cc1)C1CCC(n2ncc(Cl)c(Cl)c2=O)CC1. The van der Waals surface area contributed by atoms with E-state index in [-0.39, 0.29) is 33.5 Å². The van der Waals surface area contributed by atoms with Crippen LogP contribution in [0.1, 0.15) is 58.9 Å². The van der Waals surface area contributed by atoms with E-state index in [4.69, 9.17) is 27.9 Å². The third kappa shape index (κ3) is 7.09. The Labute approximate surface area is 209 Å². The van der Waals surface area contributed by atoms with Crippen LogP contribution < -0.4 is 15.8 Å². The van der Waals surface area contributed by atoms with E-state index < -0.39 is 11.7 Å². The van der Waals surface area contributed by atoms with Gasteiger partial charge in [-0.25, -0.2) is 13.9 Å². The lowest BCUT2D eigenvalue weighted by molar-refractivity contribution is 0.0527. The number of ether oxygens (including phenoxy) is 1. The van der Waals surface area contributed by atoms with Crippen LogP contribution in [0.15, 0.2) is 35.3 Å². The molecular formula is C24H31Cl2FN4O3. The van der Waals surface area contributed by atoms with Crippen molar-refractivity contribution >= 4 is 35.0 Å².